The number of ether oxygens (including phenoxy) is 1. The van der Waals surface area contributed by atoms with Crippen molar-refractivity contribution >= 4 is 49.5 Å². The third kappa shape index (κ3) is 3.40. The van der Waals surface area contributed by atoms with Gasteiger partial charge >= 0.3 is 0 Å². The van der Waals surface area contributed by atoms with Crippen molar-refractivity contribution in [3.8, 4) is 5.75 Å². The van der Waals surface area contributed by atoms with Crippen molar-refractivity contribution in [3.63, 3.8) is 0 Å². The maximum Gasteiger partial charge on any atom is 0.153 e. The smallest absolute Gasteiger partial charge is 0.153 e. The number of rotatable bonds is 4. The maximum absolute atomic E-state index is 10.9. The standard InChI is InChI=1S/C12H8Br2O2S/c13-9-1-2-12(8(3-9)5-15)16-6-11-4-10(14)7-17-11/h1-5,7H,6H2. The Hall–Kier alpha value is -0.650. The van der Waals surface area contributed by atoms with Gasteiger partial charge in [-0.3, -0.25) is 4.79 Å². The van der Waals surface area contributed by atoms with Crippen LogP contribution in [0.2, 0.25) is 0 Å². The van der Waals surface area contributed by atoms with Gasteiger partial charge in [-0.05, 0) is 40.2 Å². The molecule has 0 saturated heterocycles. The first-order chi connectivity index (χ1) is 8.19. The lowest BCUT2D eigenvalue weighted by Gasteiger charge is -2.07. The topological polar surface area (TPSA) is 26.3 Å². The summed E-state index contributed by atoms with van der Waals surface area (Å²) < 4.78 is 7.54. The first kappa shape index (κ1) is 12.8. The van der Waals surface area contributed by atoms with Crippen LogP contribution >= 0.6 is 43.2 Å². The predicted octanol–water partition coefficient (Wildman–Crippen LogP) is 4.66. The molecule has 0 aliphatic carbocycles. The van der Waals surface area contributed by atoms with Gasteiger partial charge in [0.15, 0.2) is 6.29 Å². The molecule has 0 aliphatic heterocycles. The van der Waals surface area contributed by atoms with Crippen LogP contribution in [0.15, 0.2) is 38.6 Å². The number of hydrogen-bond acceptors (Lipinski definition) is 3. The zero-order valence-corrected chi connectivity index (χ0v) is 12.6. The van der Waals surface area contributed by atoms with Gasteiger partial charge in [-0.15, -0.1) is 11.3 Å². The molecular formula is C12H8Br2O2S. The average Bonchev–Trinajstić information content (AvgIpc) is 2.73. The molecule has 1 aromatic carbocycles. The molecule has 2 rings (SSSR count). The molecule has 0 unspecified atom stereocenters. The lowest BCUT2D eigenvalue weighted by Crippen LogP contribution is -1.96. The summed E-state index contributed by atoms with van der Waals surface area (Å²) in [7, 11) is 0. The van der Waals surface area contributed by atoms with Gasteiger partial charge < -0.3 is 4.74 Å². The monoisotopic (exact) mass is 374 g/mol. The Bertz CT molecular complexity index is 537. The van der Waals surface area contributed by atoms with Gasteiger partial charge in [-0.1, -0.05) is 15.9 Å². The maximum atomic E-state index is 10.9. The Kier molecular flexibility index (Phi) is 4.36. The van der Waals surface area contributed by atoms with E-state index in [0.29, 0.717) is 17.9 Å². The zero-order chi connectivity index (χ0) is 12.3. The van der Waals surface area contributed by atoms with Crippen LogP contribution in [0.5, 0.6) is 5.75 Å². The lowest BCUT2D eigenvalue weighted by molar-refractivity contribution is 0.111. The number of carbonyl (C=O) groups excluding carboxylic acids is 1. The fourth-order valence-corrected chi connectivity index (χ4v) is 3.06. The molecule has 0 N–H and O–H groups in total. The molecule has 17 heavy (non-hydrogen) atoms. The van der Waals surface area contributed by atoms with Gasteiger partial charge in [0, 0.05) is 19.2 Å². The minimum atomic E-state index is 0.471. The van der Waals surface area contributed by atoms with Crippen molar-refractivity contribution < 1.29 is 9.53 Å². The zero-order valence-electron chi connectivity index (χ0n) is 8.65. The van der Waals surface area contributed by atoms with E-state index in [-0.39, 0.29) is 0 Å². The first-order valence-corrected chi connectivity index (χ1v) is 7.26. The Labute approximate surface area is 120 Å². The van der Waals surface area contributed by atoms with Crippen molar-refractivity contribution in [1.29, 1.82) is 0 Å². The molecule has 0 aliphatic rings. The summed E-state index contributed by atoms with van der Waals surface area (Å²) in [5.74, 6) is 0.604. The molecule has 2 aromatic rings. The van der Waals surface area contributed by atoms with E-state index in [1.54, 1.807) is 23.5 Å². The molecule has 0 radical (unpaired) electrons. The van der Waals surface area contributed by atoms with Gasteiger partial charge in [-0.25, -0.2) is 0 Å². The third-order valence-corrected chi connectivity index (χ3v) is 4.25. The fraction of sp³-hybridized carbons (Fsp3) is 0.0833. The summed E-state index contributed by atoms with van der Waals surface area (Å²) in [5.41, 5.74) is 0.551. The van der Waals surface area contributed by atoms with Crippen molar-refractivity contribution in [3.05, 3.63) is 49.0 Å². The van der Waals surface area contributed by atoms with Crippen LogP contribution < -0.4 is 4.74 Å². The predicted molar refractivity (Wildman–Crippen MR) is 75.9 cm³/mol. The quantitative estimate of drug-likeness (QED) is 0.726. The summed E-state index contributed by atoms with van der Waals surface area (Å²) in [4.78, 5) is 12.0. The Balaban J connectivity index is 2.11. The number of benzene rings is 1. The SMILES string of the molecule is O=Cc1cc(Br)ccc1OCc1cc(Br)cs1. The largest absolute Gasteiger partial charge is 0.487 e. The van der Waals surface area contributed by atoms with Crippen LogP contribution in [0.25, 0.3) is 0 Å². The summed E-state index contributed by atoms with van der Waals surface area (Å²) in [6.07, 6.45) is 0.796. The van der Waals surface area contributed by atoms with E-state index in [1.807, 2.05) is 17.5 Å². The molecule has 0 saturated carbocycles. The van der Waals surface area contributed by atoms with Crippen LogP contribution in [0.3, 0.4) is 0 Å². The van der Waals surface area contributed by atoms with Crippen LogP contribution in [-0.2, 0) is 6.61 Å². The number of thiophene rings is 1. The van der Waals surface area contributed by atoms with Gasteiger partial charge in [0.1, 0.15) is 12.4 Å². The first-order valence-electron chi connectivity index (χ1n) is 4.79. The molecule has 88 valence electrons. The van der Waals surface area contributed by atoms with E-state index in [9.17, 15) is 4.79 Å². The van der Waals surface area contributed by atoms with Gasteiger partial charge in [-0.2, -0.15) is 0 Å². The summed E-state index contributed by atoms with van der Waals surface area (Å²) in [5, 5.41) is 2.00. The third-order valence-electron chi connectivity index (χ3n) is 2.09. The summed E-state index contributed by atoms with van der Waals surface area (Å²) in [6.45, 7) is 0.471. The van der Waals surface area contributed by atoms with Crippen molar-refractivity contribution in [2.75, 3.05) is 0 Å². The normalized spacial score (nSPS) is 10.2. The second kappa shape index (κ2) is 5.80. The highest BCUT2D eigenvalue weighted by atomic mass is 79.9. The lowest BCUT2D eigenvalue weighted by atomic mass is 10.2. The Morgan fingerprint density at radius 1 is 1.24 bits per heavy atom. The van der Waals surface area contributed by atoms with E-state index < -0.39 is 0 Å². The highest BCUT2D eigenvalue weighted by Gasteiger charge is 2.05. The van der Waals surface area contributed by atoms with Crippen LogP contribution in [-0.4, -0.2) is 6.29 Å². The summed E-state index contributed by atoms with van der Waals surface area (Å²) >= 11 is 8.32. The molecule has 0 atom stereocenters. The molecule has 0 bridgehead atoms. The van der Waals surface area contributed by atoms with E-state index in [0.717, 1.165) is 20.1 Å². The van der Waals surface area contributed by atoms with E-state index in [2.05, 4.69) is 31.9 Å². The van der Waals surface area contributed by atoms with E-state index in [4.69, 9.17) is 4.74 Å². The van der Waals surface area contributed by atoms with E-state index in [1.165, 1.54) is 0 Å². The minimum absolute atomic E-state index is 0.471. The highest BCUT2D eigenvalue weighted by molar-refractivity contribution is 9.10. The highest BCUT2D eigenvalue weighted by Crippen LogP contribution is 2.25. The second-order valence-corrected chi connectivity index (χ2v) is 6.15. The Morgan fingerprint density at radius 2 is 2.06 bits per heavy atom. The van der Waals surface area contributed by atoms with Crippen LogP contribution in [0.1, 0.15) is 15.2 Å². The van der Waals surface area contributed by atoms with Crippen LogP contribution in [0, 0.1) is 0 Å². The number of carbonyl (C=O) groups is 1. The molecule has 5 heteroatoms. The molecule has 1 aromatic heterocycles. The van der Waals surface area contributed by atoms with E-state index >= 15 is 0 Å². The second-order valence-electron chi connectivity index (χ2n) is 3.32. The van der Waals surface area contributed by atoms with Crippen molar-refractivity contribution in [1.82, 2.24) is 0 Å². The molecule has 1 heterocycles. The summed E-state index contributed by atoms with van der Waals surface area (Å²) in [6, 6.07) is 7.39. The van der Waals surface area contributed by atoms with Crippen molar-refractivity contribution in [2.45, 2.75) is 6.61 Å². The van der Waals surface area contributed by atoms with Gasteiger partial charge in [0.2, 0.25) is 0 Å². The number of halogens is 2. The molecule has 0 spiro atoms. The molecule has 0 fully saturated rings. The van der Waals surface area contributed by atoms with Crippen molar-refractivity contribution in [2.24, 2.45) is 0 Å². The molecule has 2 nitrogen and oxygen atoms in total. The van der Waals surface area contributed by atoms with Gasteiger partial charge in [0.05, 0.1) is 5.56 Å². The number of aldehydes is 1. The van der Waals surface area contributed by atoms with Crippen LogP contribution in [0.4, 0.5) is 0 Å². The van der Waals surface area contributed by atoms with Gasteiger partial charge in [0.25, 0.3) is 0 Å². The number of hydrogen-bond donors (Lipinski definition) is 0. The Morgan fingerprint density at radius 3 is 2.71 bits per heavy atom. The minimum Gasteiger partial charge on any atom is -0.487 e. The fourth-order valence-electron chi connectivity index (χ4n) is 1.32. The average molecular weight is 376 g/mol. The molecular weight excluding hydrogens is 368 g/mol. The molecule has 0 amide bonds.